The summed E-state index contributed by atoms with van der Waals surface area (Å²) in [4.78, 5) is 4.01. The van der Waals surface area contributed by atoms with Gasteiger partial charge >= 0.3 is 0 Å². The zero-order valence-corrected chi connectivity index (χ0v) is 10.6. The van der Waals surface area contributed by atoms with Gasteiger partial charge in [-0.1, -0.05) is 0 Å². The molecule has 1 aliphatic rings. The predicted molar refractivity (Wildman–Crippen MR) is 69.0 cm³/mol. The van der Waals surface area contributed by atoms with Crippen LogP contribution in [0.3, 0.4) is 0 Å². The smallest absolute Gasteiger partial charge is 0.0576 e. The van der Waals surface area contributed by atoms with Crippen LogP contribution in [0.15, 0.2) is 24.5 Å². The molecule has 2 rings (SSSR count). The van der Waals surface area contributed by atoms with Crippen LogP contribution in [0.2, 0.25) is 0 Å². The number of rotatable bonds is 5. The van der Waals surface area contributed by atoms with Gasteiger partial charge in [-0.05, 0) is 56.8 Å². The van der Waals surface area contributed by atoms with Crippen molar-refractivity contribution >= 4 is 0 Å². The van der Waals surface area contributed by atoms with Crippen molar-refractivity contribution in [2.75, 3.05) is 13.7 Å². The van der Waals surface area contributed by atoms with Crippen molar-refractivity contribution in [3.05, 3.63) is 30.1 Å². The lowest BCUT2D eigenvalue weighted by Gasteiger charge is -2.28. The second-order valence-electron chi connectivity index (χ2n) is 4.74. The van der Waals surface area contributed by atoms with Gasteiger partial charge in [0, 0.05) is 18.4 Å². The molecule has 1 aromatic rings. The van der Waals surface area contributed by atoms with Crippen LogP contribution >= 0.6 is 0 Å². The number of ether oxygens (including phenoxy) is 1. The third kappa shape index (κ3) is 4.10. The van der Waals surface area contributed by atoms with E-state index in [1.165, 1.54) is 31.2 Å². The summed E-state index contributed by atoms with van der Waals surface area (Å²) < 4.78 is 5.93. The Morgan fingerprint density at radius 3 is 2.59 bits per heavy atom. The monoisotopic (exact) mass is 234 g/mol. The van der Waals surface area contributed by atoms with Crippen molar-refractivity contribution in [1.29, 1.82) is 0 Å². The fraction of sp³-hybridized carbons (Fsp3) is 0.643. The van der Waals surface area contributed by atoms with Crippen molar-refractivity contribution in [1.82, 2.24) is 10.3 Å². The molecule has 0 bridgehead atoms. The molecule has 0 spiro atoms. The van der Waals surface area contributed by atoms with E-state index in [2.05, 4.69) is 29.5 Å². The second-order valence-corrected chi connectivity index (χ2v) is 4.74. The molecular weight excluding hydrogens is 212 g/mol. The maximum absolute atomic E-state index is 5.93. The van der Waals surface area contributed by atoms with Gasteiger partial charge in [-0.2, -0.15) is 0 Å². The molecule has 0 saturated heterocycles. The van der Waals surface area contributed by atoms with Gasteiger partial charge in [-0.3, -0.25) is 4.98 Å². The standard InChI is InChI=1S/C14H22N2O/c1-15-13-2-4-14(5-3-13)17-11-8-12-6-9-16-10-7-12/h6-7,9-10,13-15H,2-5,8,11H2,1H3. The largest absolute Gasteiger partial charge is 0.378 e. The second kappa shape index (κ2) is 6.72. The fourth-order valence-corrected chi connectivity index (χ4v) is 2.41. The van der Waals surface area contributed by atoms with Gasteiger partial charge in [0.15, 0.2) is 0 Å². The highest BCUT2D eigenvalue weighted by molar-refractivity contribution is 5.09. The average Bonchev–Trinajstić information content (AvgIpc) is 2.41. The molecule has 1 aliphatic carbocycles. The van der Waals surface area contributed by atoms with E-state index in [4.69, 9.17) is 4.74 Å². The Morgan fingerprint density at radius 1 is 1.24 bits per heavy atom. The first-order valence-corrected chi connectivity index (χ1v) is 6.56. The lowest BCUT2D eigenvalue weighted by Crippen LogP contribution is -2.33. The molecule has 0 amide bonds. The molecule has 1 N–H and O–H groups in total. The van der Waals surface area contributed by atoms with Gasteiger partial charge in [0.05, 0.1) is 12.7 Å². The summed E-state index contributed by atoms with van der Waals surface area (Å²) in [6, 6.07) is 4.82. The van der Waals surface area contributed by atoms with Crippen LogP contribution in [0, 0.1) is 0 Å². The van der Waals surface area contributed by atoms with Crippen molar-refractivity contribution in [2.24, 2.45) is 0 Å². The Kier molecular flexibility index (Phi) is 4.95. The van der Waals surface area contributed by atoms with E-state index in [1.54, 1.807) is 0 Å². The maximum atomic E-state index is 5.93. The van der Waals surface area contributed by atoms with Gasteiger partial charge in [0.1, 0.15) is 0 Å². The Morgan fingerprint density at radius 2 is 1.94 bits per heavy atom. The molecule has 0 radical (unpaired) electrons. The van der Waals surface area contributed by atoms with E-state index in [1.807, 2.05) is 12.4 Å². The Hall–Kier alpha value is -0.930. The molecule has 1 heterocycles. The Labute approximate surface area is 104 Å². The van der Waals surface area contributed by atoms with Crippen LogP contribution in [0.25, 0.3) is 0 Å². The minimum absolute atomic E-state index is 0.474. The fourth-order valence-electron chi connectivity index (χ4n) is 2.41. The number of pyridine rings is 1. The maximum Gasteiger partial charge on any atom is 0.0576 e. The summed E-state index contributed by atoms with van der Waals surface area (Å²) in [7, 11) is 2.05. The normalized spacial score (nSPS) is 24.8. The highest BCUT2D eigenvalue weighted by Gasteiger charge is 2.19. The SMILES string of the molecule is CNC1CCC(OCCc2ccncc2)CC1. The summed E-state index contributed by atoms with van der Waals surface area (Å²) in [5, 5.41) is 3.34. The summed E-state index contributed by atoms with van der Waals surface area (Å²) >= 11 is 0. The van der Waals surface area contributed by atoms with Gasteiger partial charge in [0.2, 0.25) is 0 Å². The van der Waals surface area contributed by atoms with Crippen LogP contribution < -0.4 is 5.32 Å². The van der Waals surface area contributed by atoms with Gasteiger partial charge in [-0.25, -0.2) is 0 Å². The molecule has 0 atom stereocenters. The molecule has 0 aromatic carbocycles. The molecule has 0 unspecified atom stereocenters. The summed E-state index contributed by atoms with van der Waals surface area (Å²) in [6.45, 7) is 0.832. The lowest BCUT2D eigenvalue weighted by molar-refractivity contribution is 0.0248. The topological polar surface area (TPSA) is 34.1 Å². The minimum Gasteiger partial charge on any atom is -0.378 e. The highest BCUT2D eigenvalue weighted by atomic mass is 16.5. The van der Waals surface area contributed by atoms with E-state index in [0.29, 0.717) is 12.1 Å². The summed E-state index contributed by atoms with van der Waals surface area (Å²) in [6.07, 6.45) is 10.0. The zero-order chi connectivity index (χ0) is 11.9. The van der Waals surface area contributed by atoms with Crippen molar-refractivity contribution in [2.45, 2.75) is 44.2 Å². The first kappa shape index (κ1) is 12.5. The number of aromatic nitrogens is 1. The lowest BCUT2D eigenvalue weighted by atomic mass is 9.93. The first-order valence-electron chi connectivity index (χ1n) is 6.56. The summed E-state index contributed by atoms with van der Waals surface area (Å²) in [5.41, 5.74) is 1.31. The van der Waals surface area contributed by atoms with Crippen molar-refractivity contribution < 1.29 is 4.74 Å². The van der Waals surface area contributed by atoms with E-state index in [-0.39, 0.29) is 0 Å². The van der Waals surface area contributed by atoms with E-state index < -0.39 is 0 Å². The van der Waals surface area contributed by atoms with E-state index in [0.717, 1.165) is 13.0 Å². The van der Waals surface area contributed by atoms with Crippen LogP contribution in [-0.2, 0) is 11.2 Å². The average molecular weight is 234 g/mol. The molecule has 94 valence electrons. The number of hydrogen-bond donors (Lipinski definition) is 1. The molecule has 1 aromatic heterocycles. The minimum atomic E-state index is 0.474. The zero-order valence-electron chi connectivity index (χ0n) is 10.6. The Balaban J connectivity index is 1.63. The third-order valence-electron chi connectivity index (χ3n) is 3.58. The summed E-state index contributed by atoms with van der Waals surface area (Å²) in [5.74, 6) is 0. The number of nitrogens with one attached hydrogen (secondary N) is 1. The molecular formula is C14H22N2O. The quantitative estimate of drug-likeness (QED) is 0.848. The van der Waals surface area contributed by atoms with E-state index >= 15 is 0 Å². The van der Waals surface area contributed by atoms with Crippen molar-refractivity contribution in [3.8, 4) is 0 Å². The Bertz CT molecular complexity index is 307. The third-order valence-corrected chi connectivity index (χ3v) is 3.58. The molecule has 3 nitrogen and oxygen atoms in total. The first-order chi connectivity index (χ1) is 8.38. The van der Waals surface area contributed by atoms with E-state index in [9.17, 15) is 0 Å². The number of hydrogen-bond acceptors (Lipinski definition) is 3. The highest BCUT2D eigenvalue weighted by Crippen LogP contribution is 2.21. The van der Waals surface area contributed by atoms with Gasteiger partial charge in [-0.15, -0.1) is 0 Å². The molecule has 17 heavy (non-hydrogen) atoms. The molecule has 1 fully saturated rings. The van der Waals surface area contributed by atoms with Crippen LogP contribution in [0.1, 0.15) is 31.2 Å². The van der Waals surface area contributed by atoms with Gasteiger partial charge in [0.25, 0.3) is 0 Å². The predicted octanol–water partition coefficient (Wildman–Crippen LogP) is 2.17. The van der Waals surface area contributed by atoms with Crippen LogP contribution in [0.5, 0.6) is 0 Å². The molecule has 3 heteroatoms. The van der Waals surface area contributed by atoms with Crippen LogP contribution in [0.4, 0.5) is 0 Å². The molecule has 0 aliphatic heterocycles. The van der Waals surface area contributed by atoms with Gasteiger partial charge < -0.3 is 10.1 Å². The molecule has 1 saturated carbocycles. The van der Waals surface area contributed by atoms with Crippen molar-refractivity contribution in [3.63, 3.8) is 0 Å². The number of nitrogens with zero attached hydrogens (tertiary/aromatic N) is 1. The van der Waals surface area contributed by atoms with Crippen LogP contribution in [-0.4, -0.2) is 30.8 Å².